The fraction of sp³-hybridized carbons (Fsp3) is 0.333. The van der Waals surface area contributed by atoms with Crippen LogP contribution in [0.5, 0.6) is 0 Å². The first-order valence-electron chi connectivity index (χ1n) is 6.27. The van der Waals surface area contributed by atoms with Gasteiger partial charge in [0.05, 0.1) is 0 Å². The average molecular weight is 241 g/mol. The minimum Gasteiger partial charge on any atom is -0.306 e. The van der Waals surface area contributed by atoms with Gasteiger partial charge in [0, 0.05) is 35.4 Å². The highest BCUT2D eigenvalue weighted by atomic mass is 16.1. The number of carbonyl (C=O) groups is 2. The van der Waals surface area contributed by atoms with Gasteiger partial charge < -0.3 is 4.90 Å². The lowest BCUT2D eigenvalue weighted by molar-refractivity contribution is 0.0970. The predicted molar refractivity (Wildman–Crippen MR) is 68.9 cm³/mol. The zero-order valence-electron chi connectivity index (χ0n) is 10.4. The van der Waals surface area contributed by atoms with Crippen LogP contribution in [-0.4, -0.2) is 36.6 Å². The molecule has 0 fully saturated rings. The zero-order chi connectivity index (χ0) is 12.7. The highest BCUT2D eigenvalue weighted by Crippen LogP contribution is 2.31. The van der Waals surface area contributed by atoms with E-state index in [1.165, 1.54) is 0 Å². The summed E-state index contributed by atoms with van der Waals surface area (Å²) in [6.45, 7) is 1.69. The van der Waals surface area contributed by atoms with Crippen LogP contribution in [0.25, 0.3) is 0 Å². The number of carbonyl (C=O) groups excluding carboxylic acids is 2. The summed E-state index contributed by atoms with van der Waals surface area (Å²) in [6, 6.07) is 7.15. The molecule has 0 aromatic heterocycles. The minimum absolute atomic E-state index is 0.0514. The van der Waals surface area contributed by atoms with E-state index < -0.39 is 0 Å². The van der Waals surface area contributed by atoms with Crippen LogP contribution < -0.4 is 0 Å². The summed E-state index contributed by atoms with van der Waals surface area (Å²) < 4.78 is 0. The SMILES string of the molecule is CN1CCC2=C(CC1)C(=O)c1ccccc1C2=O. The first kappa shape index (κ1) is 11.4. The third-order valence-electron chi connectivity index (χ3n) is 3.82. The van der Waals surface area contributed by atoms with Crippen molar-refractivity contribution in [2.75, 3.05) is 20.1 Å². The van der Waals surface area contributed by atoms with Crippen LogP contribution in [0.2, 0.25) is 0 Å². The van der Waals surface area contributed by atoms with Gasteiger partial charge in [-0.1, -0.05) is 24.3 Å². The number of Topliss-reactive ketones (excluding diaryl/α,β-unsaturated/α-hetero) is 2. The van der Waals surface area contributed by atoms with Crippen molar-refractivity contribution in [1.82, 2.24) is 4.90 Å². The molecular formula is C15H15NO2. The normalized spacial score (nSPS) is 20.5. The quantitative estimate of drug-likeness (QED) is 0.698. The molecule has 3 nitrogen and oxygen atoms in total. The Morgan fingerprint density at radius 3 is 1.78 bits per heavy atom. The Balaban J connectivity index is 2.11. The van der Waals surface area contributed by atoms with E-state index in [1.54, 1.807) is 12.1 Å². The Labute approximate surface area is 106 Å². The molecule has 0 radical (unpaired) electrons. The second kappa shape index (κ2) is 4.18. The molecule has 0 spiro atoms. The number of benzene rings is 1. The number of hydrogen-bond donors (Lipinski definition) is 0. The molecule has 0 unspecified atom stereocenters. The standard InChI is InChI=1S/C15H15NO2/c1-16-8-6-12-13(7-9-16)15(18)11-5-3-2-4-10(11)14(12)17/h2-5H,6-9H2,1H3. The summed E-state index contributed by atoms with van der Waals surface area (Å²) in [5, 5.41) is 0. The van der Waals surface area contributed by atoms with Gasteiger partial charge in [-0.05, 0) is 19.9 Å². The average Bonchev–Trinajstić information content (AvgIpc) is 2.59. The molecule has 3 rings (SSSR count). The molecule has 1 aliphatic heterocycles. The summed E-state index contributed by atoms with van der Waals surface area (Å²) in [5.41, 5.74) is 2.63. The molecule has 3 heteroatoms. The fourth-order valence-corrected chi connectivity index (χ4v) is 2.72. The molecule has 0 bridgehead atoms. The minimum atomic E-state index is 0.0514. The lowest BCUT2D eigenvalue weighted by Crippen LogP contribution is -2.22. The van der Waals surface area contributed by atoms with E-state index in [1.807, 2.05) is 19.2 Å². The molecule has 1 aliphatic carbocycles. The van der Waals surface area contributed by atoms with Crippen LogP contribution in [0.1, 0.15) is 33.6 Å². The van der Waals surface area contributed by atoms with Crippen LogP contribution >= 0.6 is 0 Å². The molecule has 0 N–H and O–H groups in total. The molecule has 1 aromatic rings. The number of rotatable bonds is 0. The Kier molecular flexibility index (Phi) is 2.63. The van der Waals surface area contributed by atoms with E-state index in [0.717, 1.165) is 24.2 Å². The molecule has 0 saturated carbocycles. The van der Waals surface area contributed by atoms with E-state index in [0.29, 0.717) is 24.0 Å². The van der Waals surface area contributed by atoms with Gasteiger partial charge in [0.2, 0.25) is 0 Å². The van der Waals surface area contributed by atoms with E-state index in [4.69, 9.17) is 0 Å². The highest BCUT2D eigenvalue weighted by Gasteiger charge is 2.32. The van der Waals surface area contributed by atoms with E-state index in [2.05, 4.69) is 4.90 Å². The predicted octanol–water partition coefficient (Wildman–Crippen LogP) is 2.09. The summed E-state index contributed by atoms with van der Waals surface area (Å²) in [6.07, 6.45) is 1.37. The van der Waals surface area contributed by atoms with Crippen LogP contribution in [0.15, 0.2) is 35.4 Å². The Bertz CT molecular complexity index is 523. The maximum absolute atomic E-state index is 12.4. The van der Waals surface area contributed by atoms with Crippen molar-refractivity contribution in [3.63, 3.8) is 0 Å². The number of fused-ring (bicyclic) bond motifs is 1. The summed E-state index contributed by atoms with van der Waals surface area (Å²) in [7, 11) is 2.03. The van der Waals surface area contributed by atoms with Crippen molar-refractivity contribution >= 4 is 11.6 Å². The monoisotopic (exact) mass is 241 g/mol. The maximum atomic E-state index is 12.4. The van der Waals surface area contributed by atoms with Gasteiger partial charge in [0.25, 0.3) is 0 Å². The number of nitrogens with zero attached hydrogens (tertiary/aromatic N) is 1. The van der Waals surface area contributed by atoms with Crippen molar-refractivity contribution in [3.8, 4) is 0 Å². The smallest absolute Gasteiger partial charge is 0.190 e. The van der Waals surface area contributed by atoms with Crippen LogP contribution in [0, 0.1) is 0 Å². The third kappa shape index (κ3) is 1.63. The van der Waals surface area contributed by atoms with E-state index in [-0.39, 0.29) is 11.6 Å². The first-order chi connectivity index (χ1) is 8.68. The lowest BCUT2D eigenvalue weighted by atomic mass is 9.82. The fourth-order valence-electron chi connectivity index (χ4n) is 2.72. The van der Waals surface area contributed by atoms with Crippen molar-refractivity contribution in [2.45, 2.75) is 12.8 Å². The molecule has 2 aliphatic rings. The summed E-state index contributed by atoms with van der Waals surface area (Å²) in [4.78, 5) is 27.0. The van der Waals surface area contributed by atoms with Crippen molar-refractivity contribution < 1.29 is 9.59 Å². The summed E-state index contributed by atoms with van der Waals surface area (Å²) in [5.74, 6) is 0.103. The van der Waals surface area contributed by atoms with Crippen molar-refractivity contribution in [3.05, 3.63) is 46.5 Å². The summed E-state index contributed by atoms with van der Waals surface area (Å²) >= 11 is 0. The van der Waals surface area contributed by atoms with Gasteiger partial charge in [-0.2, -0.15) is 0 Å². The van der Waals surface area contributed by atoms with E-state index in [9.17, 15) is 9.59 Å². The number of ketones is 2. The van der Waals surface area contributed by atoms with Gasteiger partial charge >= 0.3 is 0 Å². The van der Waals surface area contributed by atoms with Gasteiger partial charge in [-0.25, -0.2) is 0 Å². The van der Waals surface area contributed by atoms with Crippen LogP contribution in [0.4, 0.5) is 0 Å². The topological polar surface area (TPSA) is 37.4 Å². The second-order valence-electron chi connectivity index (χ2n) is 4.96. The molecule has 0 atom stereocenters. The van der Waals surface area contributed by atoms with Gasteiger partial charge in [-0.3, -0.25) is 9.59 Å². The van der Waals surface area contributed by atoms with Crippen LogP contribution in [0.3, 0.4) is 0 Å². The second-order valence-corrected chi connectivity index (χ2v) is 4.96. The lowest BCUT2D eigenvalue weighted by Gasteiger charge is -2.18. The Morgan fingerprint density at radius 2 is 1.33 bits per heavy atom. The van der Waals surface area contributed by atoms with Crippen molar-refractivity contribution in [2.24, 2.45) is 0 Å². The molecule has 0 saturated heterocycles. The Hall–Kier alpha value is -1.74. The first-order valence-corrected chi connectivity index (χ1v) is 6.27. The van der Waals surface area contributed by atoms with Gasteiger partial charge in [0.15, 0.2) is 11.6 Å². The highest BCUT2D eigenvalue weighted by molar-refractivity contribution is 6.26. The maximum Gasteiger partial charge on any atom is 0.190 e. The molecular weight excluding hydrogens is 226 g/mol. The Morgan fingerprint density at radius 1 is 0.889 bits per heavy atom. The van der Waals surface area contributed by atoms with Gasteiger partial charge in [-0.15, -0.1) is 0 Å². The zero-order valence-corrected chi connectivity index (χ0v) is 10.4. The molecule has 18 heavy (non-hydrogen) atoms. The van der Waals surface area contributed by atoms with Crippen molar-refractivity contribution in [1.29, 1.82) is 0 Å². The largest absolute Gasteiger partial charge is 0.306 e. The number of hydrogen-bond acceptors (Lipinski definition) is 3. The van der Waals surface area contributed by atoms with E-state index >= 15 is 0 Å². The molecule has 92 valence electrons. The molecule has 1 aromatic carbocycles. The van der Waals surface area contributed by atoms with Gasteiger partial charge in [0.1, 0.15) is 0 Å². The molecule has 1 heterocycles. The van der Waals surface area contributed by atoms with Crippen LogP contribution in [-0.2, 0) is 0 Å². The third-order valence-corrected chi connectivity index (χ3v) is 3.82. The molecule has 0 amide bonds.